The van der Waals surface area contributed by atoms with Gasteiger partial charge >= 0.3 is 0 Å². The minimum absolute atomic E-state index is 0.217. The van der Waals surface area contributed by atoms with Crippen LogP contribution in [0.4, 0.5) is 8.78 Å². The summed E-state index contributed by atoms with van der Waals surface area (Å²) in [6.45, 7) is 0. The summed E-state index contributed by atoms with van der Waals surface area (Å²) >= 11 is 0. The van der Waals surface area contributed by atoms with E-state index in [0.29, 0.717) is 0 Å². The van der Waals surface area contributed by atoms with Gasteiger partial charge in [-0.25, -0.2) is 8.78 Å². The highest BCUT2D eigenvalue weighted by atomic mass is 19.2. The fourth-order valence-electron chi connectivity index (χ4n) is 2.44. The molecule has 1 aromatic carbocycles. The summed E-state index contributed by atoms with van der Waals surface area (Å²) in [5.74, 6) is -1.40. The van der Waals surface area contributed by atoms with E-state index in [-0.39, 0.29) is 17.9 Å². The molecule has 1 atom stereocenters. The molecular weight excluding hydrogens is 210 g/mol. The predicted octanol–water partition coefficient (Wildman–Crippen LogP) is 3.06. The Bertz CT molecular complexity index is 359. The standard InChI is InChI=1S/C13H16F2O/c14-11-7-3-6-10(13(11)15)8-12(16)9-4-1-2-5-9/h3,6-7,9,12,16H,1-2,4-5,8H2. The van der Waals surface area contributed by atoms with Gasteiger partial charge in [0.25, 0.3) is 0 Å². The SMILES string of the molecule is OC(Cc1cccc(F)c1F)C1CCCC1. The van der Waals surface area contributed by atoms with Crippen molar-refractivity contribution in [2.75, 3.05) is 0 Å². The molecule has 0 amide bonds. The van der Waals surface area contributed by atoms with Gasteiger partial charge in [0.1, 0.15) is 0 Å². The van der Waals surface area contributed by atoms with Crippen molar-refractivity contribution in [1.82, 2.24) is 0 Å². The van der Waals surface area contributed by atoms with Gasteiger partial charge in [0, 0.05) is 6.42 Å². The molecule has 3 heteroatoms. The van der Waals surface area contributed by atoms with Crippen LogP contribution in [0, 0.1) is 17.6 Å². The summed E-state index contributed by atoms with van der Waals surface area (Å²) in [4.78, 5) is 0. The van der Waals surface area contributed by atoms with Crippen molar-refractivity contribution in [3.8, 4) is 0 Å². The van der Waals surface area contributed by atoms with E-state index in [2.05, 4.69) is 0 Å². The Hall–Kier alpha value is -0.960. The smallest absolute Gasteiger partial charge is 0.162 e. The monoisotopic (exact) mass is 226 g/mol. The van der Waals surface area contributed by atoms with Crippen LogP contribution < -0.4 is 0 Å². The first kappa shape index (κ1) is 11.5. The Morgan fingerprint density at radius 2 is 1.94 bits per heavy atom. The van der Waals surface area contributed by atoms with E-state index >= 15 is 0 Å². The van der Waals surface area contributed by atoms with Gasteiger partial charge in [-0.15, -0.1) is 0 Å². The number of aliphatic hydroxyl groups is 1. The van der Waals surface area contributed by atoms with Crippen LogP contribution in [-0.2, 0) is 6.42 Å². The van der Waals surface area contributed by atoms with E-state index in [4.69, 9.17) is 0 Å². The molecule has 88 valence electrons. The molecule has 16 heavy (non-hydrogen) atoms. The van der Waals surface area contributed by atoms with Crippen LogP contribution >= 0.6 is 0 Å². The quantitative estimate of drug-likeness (QED) is 0.839. The highest BCUT2D eigenvalue weighted by Crippen LogP contribution is 2.29. The molecule has 0 bridgehead atoms. The Kier molecular flexibility index (Phi) is 3.54. The van der Waals surface area contributed by atoms with E-state index in [1.165, 1.54) is 12.1 Å². The molecule has 0 radical (unpaired) electrons. The van der Waals surface area contributed by atoms with Gasteiger partial charge in [-0.3, -0.25) is 0 Å². The molecule has 0 aliphatic heterocycles. The van der Waals surface area contributed by atoms with Gasteiger partial charge in [0.05, 0.1) is 6.10 Å². The Morgan fingerprint density at radius 3 is 2.62 bits per heavy atom. The third-order valence-electron chi connectivity index (χ3n) is 3.40. The third kappa shape index (κ3) is 2.40. The number of rotatable bonds is 3. The van der Waals surface area contributed by atoms with Crippen LogP contribution in [0.2, 0.25) is 0 Å². The number of hydrogen-bond acceptors (Lipinski definition) is 1. The lowest BCUT2D eigenvalue weighted by Gasteiger charge is -2.17. The molecule has 2 rings (SSSR count). The summed E-state index contributed by atoms with van der Waals surface area (Å²) in [6.07, 6.45) is 3.93. The lowest BCUT2D eigenvalue weighted by Crippen LogP contribution is -2.21. The summed E-state index contributed by atoms with van der Waals surface area (Å²) in [7, 11) is 0. The molecule has 1 unspecified atom stereocenters. The average Bonchev–Trinajstić information content (AvgIpc) is 2.78. The zero-order chi connectivity index (χ0) is 11.5. The first-order valence-electron chi connectivity index (χ1n) is 5.79. The highest BCUT2D eigenvalue weighted by molar-refractivity contribution is 5.19. The second kappa shape index (κ2) is 4.91. The van der Waals surface area contributed by atoms with Crippen LogP contribution in [0.3, 0.4) is 0 Å². The second-order valence-corrected chi connectivity index (χ2v) is 4.53. The van der Waals surface area contributed by atoms with Crippen molar-refractivity contribution >= 4 is 0 Å². The Balaban J connectivity index is 2.05. The minimum Gasteiger partial charge on any atom is -0.392 e. The van der Waals surface area contributed by atoms with Gasteiger partial charge in [0.15, 0.2) is 11.6 Å². The third-order valence-corrected chi connectivity index (χ3v) is 3.40. The number of hydrogen-bond donors (Lipinski definition) is 1. The van der Waals surface area contributed by atoms with Gasteiger partial charge in [-0.1, -0.05) is 25.0 Å². The fraction of sp³-hybridized carbons (Fsp3) is 0.538. The van der Waals surface area contributed by atoms with Crippen molar-refractivity contribution in [3.05, 3.63) is 35.4 Å². The van der Waals surface area contributed by atoms with Crippen LogP contribution in [0.15, 0.2) is 18.2 Å². The molecule has 0 heterocycles. The van der Waals surface area contributed by atoms with Gasteiger partial charge in [0.2, 0.25) is 0 Å². The fourth-order valence-corrected chi connectivity index (χ4v) is 2.44. The molecule has 1 saturated carbocycles. The molecule has 1 aliphatic rings. The molecule has 1 nitrogen and oxygen atoms in total. The van der Waals surface area contributed by atoms with Crippen LogP contribution in [0.1, 0.15) is 31.2 Å². The van der Waals surface area contributed by atoms with Crippen molar-refractivity contribution in [1.29, 1.82) is 0 Å². The van der Waals surface area contributed by atoms with E-state index in [1.807, 2.05) is 0 Å². The molecular formula is C13H16F2O. The number of aliphatic hydroxyl groups excluding tert-OH is 1. The van der Waals surface area contributed by atoms with E-state index in [0.717, 1.165) is 31.7 Å². The zero-order valence-corrected chi connectivity index (χ0v) is 9.13. The summed E-state index contributed by atoms with van der Waals surface area (Å²) < 4.78 is 26.3. The summed E-state index contributed by atoms with van der Waals surface area (Å²) in [6, 6.07) is 4.12. The summed E-state index contributed by atoms with van der Waals surface area (Å²) in [5, 5.41) is 9.93. The first-order valence-corrected chi connectivity index (χ1v) is 5.79. The molecule has 0 saturated heterocycles. The Morgan fingerprint density at radius 1 is 1.25 bits per heavy atom. The van der Waals surface area contributed by atoms with E-state index in [1.54, 1.807) is 0 Å². The van der Waals surface area contributed by atoms with Crippen LogP contribution in [0.5, 0.6) is 0 Å². The van der Waals surface area contributed by atoms with E-state index in [9.17, 15) is 13.9 Å². The molecule has 1 aliphatic carbocycles. The maximum atomic E-state index is 13.4. The second-order valence-electron chi connectivity index (χ2n) is 4.53. The van der Waals surface area contributed by atoms with Gasteiger partial charge in [-0.2, -0.15) is 0 Å². The van der Waals surface area contributed by atoms with Gasteiger partial charge in [-0.05, 0) is 30.4 Å². The number of benzene rings is 1. The lowest BCUT2D eigenvalue weighted by atomic mass is 9.94. The topological polar surface area (TPSA) is 20.2 Å². The highest BCUT2D eigenvalue weighted by Gasteiger charge is 2.24. The van der Waals surface area contributed by atoms with Crippen LogP contribution in [-0.4, -0.2) is 11.2 Å². The number of halogens is 2. The normalized spacial score (nSPS) is 18.9. The van der Waals surface area contributed by atoms with Crippen molar-refractivity contribution in [2.24, 2.45) is 5.92 Å². The average molecular weight is 226 g/mol. The summed E-state index contributed by atoms with van der Waals surface area (Å²) in [5.41, 5.74) is 0.277. The van der Waals surface area contributed by atoms with Gasteiger partial charge < -0.3 is 5.11 Å². The molecule has 1 N–H and O–H groups in total. The maximum absolute atomic E-state index is 13.4. The molecule has 0 spiro atoms. The lowest BCUT2D eigenvalue weighted by molar-refractivity contribution is 0.110. The largest absolute Gasteiger partial charge is 0.392 e. The molecule has 0 aromatic heterocycles. The van der Waals surface area contributed by atoms with Crippen molar-refractivity contribution in [2.45, 2.75) is 38.2 Å². The van der Waals surface area contributed by atoms with E-state index < -0.39 is 17.7 Å². The van der Waals surface area contributed by atoms with Crippen molar-refractivity contribution < 1.29 is 13.9 Å². The molecule has 1 aromatic rings. The predicted molar refractivity (Wildman–Crippen MR) is 58.0 cm³/mol. The minimum atomic E-state index is -0.837. The maximum Gasteiger partial charge on any atom is 0.162 e. The Labute approximate surface area is 94.1 Å². The molecule has 1 fully saturated rings. The zero-order valence-electron chi connectivity index (χ0n) is 9.13. The van der Waals surface area contributed by atoms with Crippen molar-refractivity contribution in [3.63, 3.8) is 0 Å². The van der Waals surface area contributed by atoms with Crippen LogP contribution in [0.25, 0.3) is 0 Å². The first-order chi connectivity index (χ1) is 7.68.